The van der Waals surface area contributed by atoms with Crippen LogP contribution in [0.3, 0.4) is 0 Å². The maximum atomic E-state index is 14.0. The summed E-state index contributed by atoms with van der Waals surface area (Å²) in [4.78, 5) is 25.2. The molecule has 0 unspecified atom stereocenters. The molecule has 3 nitrogen and oxygen atoms in total. The van der Waals surface area contributed by atoms with E-state index in [2.05, 4.69) is 15.9 Å². The lowest BCUT2D eigenvalue weighted by molar-refractivity contribution is -0.117. The third-order valence-corrected chi connectivity index (χ3v) is 3.88. The molecular formula is C15H8BrF2NO2. The summed E-state index contributed by atoms with van der Waals surface area (Å²) in [6.45, 7) is 0. The molecule has 0 bridgehead atoms. The van der Waals surface area contributed by atoms with Crippen LogP contribution >= 0.6 is 15.9 Å². The van der Waals surface area contributed by atoms with Gasteiger partial charge in [0.2, 0.25) is 5.91 Å². The van der Waals surface area contributed by atoms with E-state index in [4.69, 9.17) is 0 Å². The average molecular weight is 352 g/mol. The van der Waals surface area contributed by atoms with E-state index in [1.165, 1.54) is 0 Å². The molecule has 106 valence electrons. The first-order chi connectivity index (χ1) is 9.99. The Morgan fingerprint density at radius 2 is 1.76 bits per heavy atom. The third kappa shape index (κ3) is 2.25. The molecule has 2 amide bonds. The van der Waals surface area contributed by atoms with Crippen molar-refractivity contribution in [3.05, 3.63) is 63.6 Å². The van der Waals surface area contributed by atoms with Crippen LogP contribution in [0.15, 0.2) is 40.9 Å². The largest absolute Gasteiger partial charge is 0.274 e. The lowest BCUT2D eigenvalue weighted by atomic mass is 9.98. The summed E-state index contributed by atoms with van der Waals surface area (Å²) in [5, 5.41) is 0. The average Bonchev–Trinajstić information content (AvgIpc) is 2.44. The number of nitrogens with zero attached hydrogens (tertiary/aromatic N) is 1. The first-order valence-corrected chi connectivity index (χ1v) is 6.88. The molecule has 0 aromatic heterocycles. The highest BCUT2D eigenvalue weighted by atomic mass is 79.9. The number of halogens is 3. The van der Waals surface area contributed by atoms with Crippen LogP contribution in [0.5, 0.6) is 0 Å². The Morgan fingerprint density at radius 3 is 2.52 bits per heavy atom. The highest BCUT2D eigenvalue weighted by Crippen LogP contribution is 2.30. The minimum Gasteiger partial charge on any atom is -0.274 e. The normalized spacial score (nSPS) is 14.3. The van der Waals surface area contributed by atoms with Gasteiger partial charge in [-0.05, 0) is 33.6 Å². The Bertz CT molecular complexity index is 776. The summed E-state index contributed by atoms with van der Waals surface area (Å²) in [5.74, 6) is -2.82. The maximum Gasteiger partial charge on any atom is 0.265 e. The van der Waals surface area contributed by atoms with Crippen LogP contribution in [0.4, 0.5) is 14.5 Å². The van der Waals surface area contributed by atoms with Crippen molar-refractivity contribution in [3.63, 3.8) is 0 Å². The Morgan fingerprint density at radius 1 is 1.05 bits per heavy atom. The molecule has 1 aliphatic rings. The monoisotopic (exact) mass is 351 g/mol. The molecule has 3 rings (SSSR count). The number of benzene rings is 2. The van der Waals surface area contributed by atoms with Gasteiger partial charge in [-0.2, -0.15) is 0 Å². The second kappa shape index (κ2) is 5.04. The molecule has 0 saturated carbocycles. The van der Waals surface area contributed by atoms with Crippen LogP contribution in [0, 0.1) is 11.6 Å². The van der Waals surface area contributed by atoms with Gasteiger partial charge in [-0.15, -0.1) is 0 Å². The van der Waals surface area contributed by atoms with Crippen molar-refractivity contribution < 1.29 is 18.4 Å². The van der Waals surface area contributed by atoms with Crippen molar-refractivity contribution >= 4 is 33.4 Å². The molecular weight excluding hydrogens is 344 g/mol. The lowest BCUT2D eigenvalue weighted by Crippen LogP contribution is -2.43. The van der Waals surface area contributed by atoms with Crippen LogP contribution in [-0.2, 0) is 11.2 Å². The molecule has 0 spiro atoms. The van der Waals surface area contributed by atoms with Gasteiger partial charge in [-0.25, -0.2) is 13.7 Å². The van der Waals surface area contributed by atoms with Crippen LogP contribution in [-0.4, -0.2) is 11.8 Å². The van der Waals surface area contributed by atoms with Gasteiger partial charge in [0.15, 0.2) is 0 Å². The van der Waals surface area contributed by atoms with Crippen LogP contribution in [0.1, 0.15) is 15.9 Å². The molecule has 0 fully saturated rings. The summed E-state index contributed by atoms with van der Waals surface area (Å²) in [6, 6.07) is 8.33. The standard InChI is InChI=1S/C15H8BrF2NO2/c16-10-6-12(18)13(7-11(10)17)19-14(20)5-8-3-1-2-4-9(8)15(19)21/h1-4,6-7H,5H2. The maximum absolute atomic E-state index is 14.0. The number of fused-ring (bicyclic) bond motifs is 1. The topological polar surface area (TPSA) is 37.4 Å². The van der Waals surface area contributed by atoms with E-state index in [0.29, 0.717) is 16.0 Å². The molecule has 0 saturated heterocycles. The molecule has 0 radical (unpaired) electrons. The zero-order chi connectivity index (χ0) is 15.1. The van der Waals surface area contributed by atoms with Gasteiger partial charge in [0.05, 0.1) is 16.6 Å². The van der Waals surface area contributed by atoms with Crippen molar-refractivity contribution in [1.29, 1.82) is 0 Å². The van der Waals surface area contributed by atoms with E-state index < -0.39 is 23.4 Å². The predicted molar refractivity (Wildman–Crippen MR) is 76.0 cm³/mol. The Balaban J connectivity index is 2.14. The third-order valence-electron chi connectivity index (χ3n) is 3.27. The van der Waals surface area contributed by atoms with E-state index in [-0.39, 0.29) is 16.6 Å². The van der Waals surface area contributed by atoms with Crippen molar-refractivity contribution in [2.45, 2.75) is 6.42 Å². The van der Waals surface area contributed by atoms with Crippen molar-refractivity contribution in [1.82, 2.24) is 0 Å². The number of carbonyl (C=O) groups excluding carboxylic acids is 2. The number of imide groups is 1. The number of amides is 2. The lowest BCUT2D eigenvalue weighted by Gasteiger charge is -2.27. The highest BCUT2D eigenvalue weighted by molar-refractivity contribution is 9.10. The fraction of sp³-hybridized carbons (Fsp3) is 0.0667. The first-order valence-electron chi connectivity index (χ1n) is 6.09. The zero-order valence-corrected chi connectivity index (χ0v) is 12.2. The molecule has 1 aliphatic heterocycles. The Kier molecular flexibility index (Phi) is 3.33. The summed E-state index contributed by atoms with van der Waals surface area (Å²) < 4.78 is 27.5. The van der Waals surface area contributed by atoms with Gasteiger partial charge in [0.1, 0.15) is 11.6 Å². The first kappa shape index (κ1) is 13.9. The van der Waals surface area contributed by atoms with Gasteiger partial charge in [0, 0.05) is 11.6 Å². The highest BCUT2D eigenvalue weighted by Gasteiger charge is 2.33. The number of rotatable bonds is 1. The Labute approximate surface area is 127 Å². The SMILES string of the molecule is O=C1Cc2ccccc2C(=O)N1c1cc(F)c(Br)cc1F. The molecule has 1 heterocycles. The van der Waals surface area contributed by atoms with E-state index in [1.54, 1.807) is 24.3 Å². The van der Waals surface area contributed by atoms with Gasteiger partial charge >= 0.3 is 0 Å². The predicted octanol–water partition coefficient (Wildman–Crippen LogP) is 3.46. The fourth-order valence-corrected chi connectivity index (χ4v) is 2.60. The molecule has 2 aromatic rings. The van der Waals surface area contributed by atoms with Crippen LogP contribution in [0.25, 0.3) is 0 Å². The second-order valence-electron chi connectivity index (χ2n) is 4.59. The van der Waals surface area contributed by atoms with E-state index in [0.717, 1.165) is 12.1 Å². The van der Waals surface area contributed by atoms with Crippen molar-refractivity contribution in [2.75, 3.05) is 4.90 Å². The molecule has 2 aromatic carbocycles. The number of carbonyl (C=O) groups is 2. The van der Waals surface area contributed by atoms with Gasteiger partial charge in [-0.3, -0.25) is 9.59 Å². The van der Waals surface area contributed by atoms with Crippen LogP contribution < -0.4 is 4.90 Å². The molecule has 0 aliphatic carbocycles. The smallest absolute Gasteiger partial charge is 0.265 e. The second-order valence-corrected chi connectivity index (χ2v) is 5.44. The molecule has 6 heteroatoms. The summed E-state index contributed by atoms with van der Waals surface area (Å²) in [7, 11) is 0. The molecule has 0 N–H and O–H groups in total. The van der Waals surface area contributed by atoms with Gasteiger partial charge < -0.3 is 0 Å². The Hall–Kier alpha value is -2.08. The molecule has 0 atom stereocenters. The summed E-state index contributed by atoms with van der Waals surface area (Å²) >= 11 is 2.86. The fourth-order valence-electron chi connectivity index (χ4n) is 2.29. The number of anilines is 1. The summed E-state index contributed by atoms with van der Waals surface area (Å²) in [6.07, 6.45) is -0.0287. The quantitative estimate of drug-likeness (QED) is 0.582. The van der Waals surface area contributed by atoms with Gasteiger partial charge in [-0.1, -0.05) is 18.2 Å². The van der Waals surface area contributed by atoms with Crippen LogP contribution in [0.2, 0.25) is 0 Å². The van der Waals surface area contributed by atoms with E-state index >= 15 is 0 Å². The van der Waals surface area contributed by atoms with E-state index in [9.17, 15) is 18.4 Å². The van der Waals surface area contributed by atoms with E-state index in [1.807, 2.05) is 0 Å². The van der Waals surface area contributed by atoms with Gasteiger partial charge in [0.25, 0.3) is 5.91 Å². The number of hydrogen-bond acceptors (Lipinski definition) is 2. The minimum atomic E-state index is -0.843. The zero-order valence-electron chi connectivity index (χ0n) is 10.6. The van der Waals surface area contributed by atoms with Crippen molar-refractivity contribution in [2.24, 2.45) is 0 Å². The number of hydrogen-bond donors (Lipinski definition) is 0. The van der Waals surface area contributed by atoms with Crippen molar-refractivity contribution in [3.8, 4) is 0 Å². The minimum absolute atomic E-state index is 0.0287. The summed E-state index contributed by atoms with van der Waals surface area (Å²) in [5.41, 5.74) is 0.529. The molecule has 21 heavy (non-hydrogen) atoms.